The third-order valence-corrected chi connectivity index (χ3v) is 9.39. The van der Waals surface area contributed by atoms with Crippen LogP contribution in [0.15, 0.2) is 91.0 Å². The number of rotatable bonds is 14. The molecule has 1 aliphatic rings. The Morgan fingerprint density at radius 2 is 1.54 bits per heavy atom. The Hall–Kier alpha value is -4.12. The van der Waals surface area contributed by atoms with E-state index < -0.39 is 29.3 Å². The fraction of sp³-hybridized carbons (Fsp3) is 0.361. The Morgan fingerprint density at radius 1 is 0.891 bits per heavy atom. The molecule has 0 saturated carbocycles. The van der Waals surface area contributed by atoms with Crippen molar-refractivity contribution in [2.24, 2.45) is 0 Å². The fourth-order valence-corrected chi connectivity index (χ4v) is 6.70. The largest absolute Gasteiger partial charge is 0.755 e. The molecule has 1 fully saturated rings. The summed E-state index contributed by atoms with van der Waals surface area (Å²) in [7, 11) is 0. The summed E-state index contributed by atoms with van der Waals surface area (Å²) in [5.74, 6) is -0.321. The van der Waals surface area contributed by atoms with Gasteiger partial charge in [-0.15, -0.1) is 0 Å². The van der Waals surface area contributed by atoms with Crippen LogP contribution in [-0.2, 0) is 33.8 Å². The first-order chi connectivity index (χ1) is 22.4. The summed E-state index contributed by atoms with van der Waals surface area (Å²) in [6, 6.07) is 26.5. The molecule has 242 valence electrons. The van der Waals surface area contributed by atoms with E-state index >= 15 is 0 Å². The van der Waals surface area contributed by atoms with Crippen molar-refractivity contribution in [3.05, 3.63) is 108 Å². The van der Waals surface area contributed by atoms with Gasteiger partial charge in [-0.05, 0) is 60.8 Å². The van der Waals surface area contributed by atoms with E-state index in [0.29, 0.717) is 30.6 Å². The first-order valence-electron chi connectivity index (χ1n) is 16.0. The maximum absolute atomic E-state index is 13.8. The average Bonchev–Trinajstić information content (AvgIpc) is 3.62. The number of carbonyl (C=O) groups excluding carboxylic acids is 2. The Morgan fingerprint density at radius 3 is 2.22 bits per heavy atom. The smallest absolute Gasteiger partial charge is 0.245 e. The number of para-hydroxylation sites is 1. The summed E-state index contributed by atoms with van der Waals surface area (Å²) < 4.78 is 26.7. The van der Waals surface area contributed by atoms with Crippen LogP contribution in [0, 0.1) is 0 Å². The molecule has 1 aromatic heterocycles. The zero-order chi connectivity index (χ0) is 32.5. The van der Waals surface area contributed by atoms with Crippen molar-refractivity contribution >= 4 is 39.8 Å². The predicted molar refractivity (Wildman–Crippen MR) is 181 cm³/mol. The van der Waals surface area contributed by atoms with Crippen LogP contribution < -0.4 is 9.62 Å². The van der Waals surface area contributed by atoms with Gasteiger partial charge < -0.3 is 14.8 Å². The highest BCUT2D eigenvalue weighted by Gasteiger charge is 2.31. The van der Waals surface area contributed by atoms with Gasteiger partial charge in [0, 0.05) is 42.7 Å². The van der Waals surface area contributed by atoms with Gasteiger partial charge in [-0.25, -0.2) is 4.98 Å². The number of fused-ring (bicyclic) bond motifs is 1. The molecule has 0 radical (unpaired) electrons. The zero-order valence-electron chi connectivity index (χ0n) is 26.5. The fourth-order valence-electron chi connectivity index (χ4n) is 6.04. The highest BCUT2D eigenvalue weighted by molar-refractivity contribution is 7.80. The van der Waals surface area contributed by atoms with E-state index in [1.165, 1.54) is 5.56 Å². The second-order valence-electron chi connectivity index (χ2n) is 11.7. The molecule has 9 nitrogen and oxygen atoms in total. The molecular formula is C36H42N5O4S-. The van der Waals surface area contributed by atoms with Gasteiger partial charge >= 0.3 is 0 Å². The highest BCUT2D eigenvalue weighted by atomic mass is 32.2. The number of nitrogens with one attached hydrogen (secondary N) is 1. The minimum atomic E-state index is -2.75. The maximum atomic E-state index is 13.8. The summed E-state index contributed by atoms with van der Waals surface area (Å²) in [5.41, 5.74) is 3.43. The van der Waals surface area contributed by atoms with Gasteiger partial charge in [0.1, 0.15) is 11.9 Å². The van der Waals surface area contributed by atoms with E-state index in [1.807, 2.05) is 65.6 Å². The van der Waals surface area contributed by atoms with Gasteiger partial charge in [-0.3, -0.25) is 23.0 Å². The van der Waals surface area contributed by atoms with Gasteiger partial charge in [0.15, 0.2) is 0 Å². The lowest BCUT2D eigenvalue weighted by Gasteiger charge is -2.34. The van der Waals surface area contributed by atoms with Crippen LogP contribution in [0.2, 0.25) is 0 Å². The summed E-state index contributed by atoms with van der Waals surface area (Å²) >= 11 is -2.75. The maximum Gasteiger partial charge on any atom is 0.245 e. The van der Waals surface area contributed by atoms with Crippen molar-refractivity contribution in [1.82, 2.24) is 20.1 Å². The summed E-state index contributed by atoms with van der Waals surface area (Å²) in [5, 5.41) is 3.87. The summed E-state index contributed by atoms with van der Waals surface area (Å²) in [6.07, 6.45) is 2.02. The Bertz CT molecular complexity index is 1620. The number of hydrogen-bond acceptors (Lipinski definition) is 6. The number of likely N-dealkylation sites (tertiary alicyclic amines) is 1. The summed E-state index contributed by atoms with van der Waals surface area (Å²) in [6.45, 7) is 8.40. The second kappa shape index (κ2) is 15.9. The van der Waals surface area contributed by atoms with Gasteiger partial charge in [-0.1, -0.05) is 86.6 Å². The molecule has 2 heterocycles. The number of hydrogen-bond donors (Lipinski definition) is 1. The number of pyridine rings is 1. The van der Waals surface area contributed by atoms with Crippen LogP contribution >= 0.6 is 0 Å². The lowest BCUT2D eigenvalue weighted by molar-refractivity contribution is -0.135. The van der Waals surface area contributed by atoms with Crippen molar-refractivity contribution in [1.29, 1.82) is 0 Å². The average molecular weight is 641 g/mol. The van der Waals surface area contributed by atoms with Crippen molar-refractivity contribution in [3.63, 3.8) is 0 Å². The molecule has 46 heavy (non-hydrogen) atoms. The SMILES string of the molecule is CCN(CC)Cc1ccc(CC(NC(=O)CC(c2ccccc2)N(c2ccc3ccccc3n2)S(=O)[O-])C(=O)N2CCCC2)cc1. The highest BCUT2D eigenvalue weighted by Crippen LogP contribution is 2.31. The quantitative estimate of drug-likeness (QED) is 0.191. The van der Waals surface area contributed by atoms with Crippen LogP contribution in [0.25, 0.3) is 10.9 Å². The molecule has 3 unspecified atom stereocenters. The van der Waals surface area contributed by atoms with Crippen molar-refractivity contribution in [2.75, 3.05) is 30.5 Å². The van der Waals surface area contributed by atoms with Crippen molar-refractivity contribution < 1.29 is 18.4 Å². The number of carbonyl (C=O) groups is 2. The van der Waals surface area contributed by atoms with E-state index in [4.69, 9.17) is 0 Å². The zero-order valence-corrected chi connectivity index (χ0v) is 27.3. The van der Waals surface area contributed by atoms with Crippen molar-refractivity contribution in [3.8, 4) is 0 Å². The van der Waals surface area contributed by atoms with Gasteiger partial charge in [-0.2, -0.15) is 0 Å². The van der Waals surface area contributed by atoms with Crippen LogP contribution in [-0.4, -0.2) is 67.6 Å². The number of anilines is 1. The Balaban J connectivity index is 1.39. The molecule has 3 aromatic carbocycles. The molecule has 0 spiro atoms. The second-order valence-corrected chi connectivity index (χ2v) is 12.5. The van der Waals surface area contributed by atoms with E-state index in [0.717, 1.165) is 47.7 Å². The Kier molecular flexibility index (Phi) is 11.5. The van der Waals surface area contributed by atoms with Gasteiger partial charge in [0.25, 0.3) is 0 Å². The molecule has 5 rings (SSSR count). The first kappa shape index (κ1) is 33.2. The molecule has 2 amide bonds. The predicted octanol–water partition coefficient (Wildman–Crippen LogP) is 5.16. The normalized spacial score (nSPS) is 15.1. The van der Waals surface area contributed by atoms with Crippen molar-refractivity contribution in [2.45, 2.75) is 58.2 Å². The third kappa shape index (κ3) is 8.37. The van der Waals surface area contributed by atoms with Gasteiger partial charge in [0.05, 0.1) is 18.0 Å². The molecule has 1 N–H and O–H groups in total. The van der Waals surface area contributed by atoms with E-state index in [-0.39, 0.29) is 18.1 Å². The molecule has 10 heteroatoms. The monoisotopic (exact) mass is 640 g/mol. The van der Waals surface area contributed by atoms with Crippen LogP contribution in [0.5, 0.6) is 0 Å². The minimum Gasteiger partial charge on any atom is -0.755 e. The van der Waals surface area contributed by atoms with E-state index in [9.17, 15) is 18.4 Å². The lowest BCUT2D eigenvalue weighted by atomic mass is 10.0. The number of benzene rings is 3. The Labute approximate surface area is 274 Å². The summed E-state index contributed by atoms with van der Waals surface area (Å²) in [4.78, 5) is 36.3. The lowest BCUT2D eigenvalue weighted by Crippen LogP contribution is -2.49. The molecule has 0 aliphatic carbocycles. The minimum absolute atomic E-state index is 0.116. The molecule has 3 atom stereocenters. The number of nitrogens with zero attached hydrogens (tertiary/aromatic N) is 4. The molecule has 4 aromatic rings. The molecule has 1 aliphatic heterocycles. The van der Waals surface area contributed by atoms with Crippen LogP contribution in [0.3, 0.4) is 0 Å². The molecule has 1 saturated heterocycles. The van der Waals surface area contributed by atoms with Crippen LogP contribution in [0.1, 0.15) is 55.8 Å². The first-order valence-corrected chi connectivity index (χ1v) is 17.1. The van der Waals surface area contributed by atoms with E-state index in [2.05, 4.69) is 41.2 Å². The molecular weight excluding hydrogens is 598 g/mol. The van der Waals surface area contributed by atoms with Gasteiger partial charge in [0.2, 0.25) is 11.8 Å². The van der Waals surface area contributed by atoms with E-state index in [1.54, 1.807) is 18.2 Å². The van der Waals surface area contributed by atoms with Crippen LogP contribution in [0.4, 0.5) is 5.82 Å². The topological polar surface area (TPSA) is 109 Å². The molecule has 0 bridgehead atoms. The third-order valence-electron chi connectivity index (χ3n) is 8.63. The standard InChI is InChI=1S/C36H43N5O4S/c1-3-39(4-2)26-28-18-16-27(17-19-28)24-32(36(43)40-22-10-11-23-40)38-35(42)25-33(30-13-6-5-7-14-30)41(46(44)45)34-21-20-29-12-8-9-15-31(29)37-34/h5-9,12-21,32-33H,3-4,10-11,22-26H2,1-2H3,(H,38,42)(H,44,45)/p-1. The number of amides is 2. The number of aromatic nitrogens is 1.